The molecule has 0 radical (unpaired) electrons. The van der Waals surface area contributed by atoms with Crippen LogP contribution in [-0.2, 0) is 9.78 Å². The molecule has 2 aromatic rings. The summed E-state index contributed by atoms with van der Waals surface area (Å²) < 4.78 is 6.70. The number of rotatable bonds is 10. The number of carboxylic acid groups (broad SMARTS) is 1. The smallest absolute Gasteiger partial charge is 0.335 e. The average Bonchev–Trinajstić information content (AvgIpc) is 2.83. The third-order valence-corrected chi connectivity index (χ3v) is 10.1. The van der Waals surface area contributed by atoms with E-state index in [-0.39, 0.29) is 18.8 Å². The number of carbonyl (C=O) groups is 1. The van der Waals surface area contributed by atoms with Gasteiger partial charge in [0.1, 0.15) is 0 Å². The number of hydrogen-bond acceptors (Lipinski definition) is 4. The maximum atomic E-state index is 11.4. The lowest BCUT2D eigenvalue weighted by Crippen LogP contribution is -2.71. The summed E-state index contributed by atoms with van der Waals surface area (Å²) in [4.78, 5) is 13.7. The van der Waals surface area contributed by atoms with E-state index < -0.39 is 24.8 Å². The van der Waals surface area contributed by atoms with E-state index >= 15 is 0 Å². The molecule has 0 bridgehead atoms. The molecule has 6 heteroatoms. The minimum atomic E-state index is -2.10. The molecule has 0 aliphatic heterocycles. The highest BCUT2D eigenvalue weighted by molar-refractivity contribution is 6.80. The van der Waals surface area contributed by atoms with Crippen LogP contribution in [0, 0.1) is 0 Å². The fourth-order valence-corrected chi connectivity index (χ4v) is 8.39. The molecule has 2 N–H and O–H groups in total. The van der Waals surface area contributed by atoms with Crippen molar-refractivity contribution >= 4 is 19.6 Å². The van der Waals surface area contributed by atoms with Crippen molar-refractivity contribution < 1.29 is 19.7 Å². The highest BCUT2D eigenvalue weighted by Crippen LogP contribution is 2.52. The first kappa shape index (κ1) is 26.1. The van der Waals surface area contributed by atoms with Gasteiger partial charge in [-0.3, -0.25) is 4.90 Å². The third-order valence-electron chi connectivity index (χ3n) is 6.95. The second kappa shape index (κ2) is 10.4. The molecular formula is C28H37NO4Si. The Labute approximate surface area is 204 Å². The van der Waals surface area contributed by atoms with Crippen LogP contribution in [0.2, 0.25) is 19.6 Å². The summed E-state index contributed by atoms with van der Waals surface area (Å²) >= 11 is 0. The van der Waals surface area contributed by atoms with Crippen molar-refractivity contribution in [3.05, 3.63) is 89.5 Å². The van der Waals surface area contributed by atoms with Crippen molar-refractivity contribution in [2.24, 2.45) is 0 Å². The van der Waals surface area contributed by atoms with E-state index in [9.17, 15) is 15.0 Å². The van der Waals surface area contributed by atoms with Crippen molar-refractivity contribution in [2.45, 2.75) is 44.3 Å². The van der Waals surface area contributed by atoms with E-state index in [1.807, 2.05) is 18.2 Å². The molecule has 0 aromatic heterocycles. The van der Waals surface area contributed by atoms with Gasteiger partial charge >= 0.3 is 5.97 Å². The molecule has 1 aliphatic rings. The van der Waals surface area contributed by atoms with Gasteiger partial charge in [-0.25, -0.2) is 4.79 Å². The van der Waals surface area contributed by atoms with Crippen molar-refractivity contribution in [2.75, 3.05) is 26.3 Å². The molecule has 0 saturated carbocycles. The summed E-state index contributed by atoms with van der Waals surface area (Å²) in [5.74, 6) is -0.932. The van der Waals surface area contributed by atoms with Gasteiger partial charge in [0.25, 0.3) is 0 Å². The first-order chi connectivity index (χ1) is 16.2. The Hall–Kier alpha value is -2.51. The molecule has 34 heavy (non-hydrogen) atoms. The number of nitrogens with zero attached hydrogens (tertiary/aromatic N) is 1. The van der Waals surface area contributed by atoms with Crippen LogP contribution in [0.15, 0.2) is 72.8 Å². The molecule has 2 aromatic carbocycles. The van der Waals surface area contributed by atoms with E-state index in [0.29, 0.717) is 0 Å². The summed E-state index contributed by atoms with van der Waals surface area (Å²) in [6.45, 7) is 13.1. The van der Waals surface area contributed by atoms with Crippen LogP contribution in [0.1, 0.15) is 35.3 Å². The Kier molecular flexibility index (Phi) is 7.98. The van der Waals surface area contributed by atoms with Crippen LogP contribution < -0.4 is 0 Å². The molecule has 0 heterocycles. The SMILES string of the molecule is CCN(CC)C1(OCCO)C=CC(c2ccc(C(=O)O)cc2)=CC1(c1ccccc1)[Si](C)(C)C. The zero-order valence-electron chi connectivity index (χ0n) is 20.9. The normalized spacial score (nSPS) is 22.6. The summed E-state index contributed by atoms with van der Waals surface area (Å²) in [6, 6.07) is 17.6. The summed E-state index contributed by atoms with van der Waals surface area (Å²) in [5, 5.41) is 18.6. The second-order valence-corrected chi connectivity index (χ2v) is 15.0. The Morgan fingerprint density at radius 3 is 2.12 bits per heavy atom. The van der Waals surface area contributed by atoms with Gasteiger partial charge in [-0.15, -0.1) is 0 Å². The largest absolute Gasteiger partial charge is 0.478 e. The minimum Gasteiger partial charge on any atom is -0.478 e. The number of benzene rings is 2. The Morgan fingerprint density at radius 1 is 1.00 bits per heavy atom. The van der Waals surface area contributed by atoms with Gasteiger partial charge < -0.3 is 14.9 Å². The predicted octanol–water partition coefficient (Wildman–Crippen LogP) is 5.20. The van der Waals surface area contributed by atoms with Gasteiger partial charge in [0.15, 0.2) is 5.72 Å². The van der Waals surface area contributed by atoms with Crippen LogP contribution in [0.3, 0.4) is 0 Å². The number of hydrogen-bond donors (Lipinski definition) is 2. The van der Waals surface area contributed by atoms with Crippen LogP contribution in [-0.4, -0.2) is 61.2 Å². The van der Waals surface area contributed by atoms with Crippen LogP contribution >= 0.6 is 0 Å². The molecule has 0 amide bonds. The van der Waals surface area contributed by atoms with Crippen molar-refractivity contribution in [3.8, 4) is 0 Å². The van der Waals surface area contributed by atoms with Gasteiger partial charge in [-0.05, 0) is 48.0 Å². The fourth-order valence-electron chi connectivity index (χ4n) is 5.38. The van der Waals surface area contributed by atoms with E-state index in [1.54, 1.807) is 12.1 Å². The van der Waals surface area contributed by atoms with E-state index in [2.05, 4.69) is 80.9 Å². The topological polar surface area (TPSA) is 70.0 Å². The number of aliphatic hydroxyl groups is 1. The Bertz CT molecular complexity index is 1040. The van der Waals surface area contributed by atoms with Crippen LogP contribution in [0.4, 0.5) is 0 Å². The number of allylic oxidation sites excluding steroid dienone is 2. The quantitative estimate of drug-likeness (QED) is 0.362. The van der Waals surface area contributed by atoms with E-state index in [0.717, 1.165) is 24.2 Å². The number of likely N-dealkylation sites (N-methyl/N-ethyl adjacent to an activating group) is 1. The van der Waals surface area contributed by atoms with Crippen LogP contribution in [0.25, 0.3) is 5.57 Å². The average molecular weight is 480 g/mol. The van der Waals surface area contributed by atoms with Gasteiger partial charge in [-0.1, -0.05) is 88.1 Å². The Balaban J connectivity index is 2.36. The van der Waals surface area contributed by atoms with Crippen molar-refractivity contribution in [3.63, 3.8) is 0 Å². The van der Waals surface area contributed by atoms with Gasteiger partial charge in [-0.2, -0.15) is 0 Å². The van der Waals surface area contributed by atoms with Gasteiger partial charge in [0.05, 0.1) is 31.9 Å². The monoisotopic (exact) mass is 479 g/mol. The first-order valence-electron chi connectivity index (χ1n) is 12.0. The molecular weight excluding hydrogens is 442 g/mol. The molecule has 0 saturated heterocycles. The molecule has 0 spiro atoms. The van der Waals surface area contributed by atoms with Crippen molar-refractivity contribution in [1.82, 2.24) is 4.90 Å². The van der Waals surface area contributed by atoms with E-state index in [4.69, 9.17) is 4.74 Å². The molecule has 3 rings (SSSR count). The maximum Gasteiger partial charge on any atom is 0.335 e. The molecule has 5 nitrogen and oxygen atoms in total. The van der Waals surface area contributed by atoms with Gasteiger partial charge in [0, 0.05) is 0 Å². The zero-order valence-corrected chi connectivity index (χ0v) is 21.9. The van der Waals surface area contributed by atoms with Crippen molar-refractivity contribution in [1.29, 1.82) is 0 Å². The third kappa shape index (κ3) is 4.43. The second-order valence-electron chi connectivity index (χ2n) is 9.68. The van der Waals surface area contributed by atoms with Gasteiger partial charge in [0.2, 0.25) is 0 Å². The number of aliphatic hydroxyl groups excluding tert-OH is 1. The van der Waals surface area contributed by atoms with Crippen LogP contribution in [0.5, 0.6) is 0 Å². The molecule has 182 valence electrons. The minimum absolute atomic E-state index is 0.0549. The fraction of sp³-hybridized carbons (Fsp3) is 0.393. The first-order valence-corrected chi connectivity index (χ1v) is 15.5. The lowest BCUT2D eigenvalue weighted by Gasteiger charge is -2.59. The predicted molar refractivity (Wildman–Crippen MR) is 141 cm³/mol. The number of carboxylic acids is 1. The highest BCUT2D eigenvalue weighted by atomic mass is 28.3. The lowest BCUT2D eigenvalue weighted by molar-refractivity contribution is -0.146. The maximum absolute atomic E-state index is 11.4. The molecule has 0 fully saturated rings. The van der Waals surface area contributed by atoms with E-state index in [1.165, 1.54) is 5.56 Å². The number of ether oxygens (including phenoxy) is 1. The zero-order chi connectivity index (χ0) is 25.0. The Morgan fingerprint density at radius 2 is 1.62 bits per heavy atom. The standard InChI is InChI=1S/C28H37NO4Si/c1-6-29(7-2)28(33-20-19-30)18-17-24(22-13-15-23(16-14-22)26(31)32)21-27(28,34(3,4)5)25-11-9-8-10-12-25/h8-18,21,30H,6-7,19-20H2,1-5H3,(H,31,32). The molecule has 1 aliphatic carbocycles. The highest BCUT2D eigenvalue weighted by Gasteiger charge is 2.61. The summed E-state index contributed by atoms with van der Waals surface area (Å²) in [5.41, 5.74) is 2.69. The lowest BCUT2D eigenvalue weighted by atomic mass is 9.78. The molecule has 2 unspecified atom stereocenters. The number of aromatic carboxylic acids is 1. The summed E-state index contributed by atoms with van der Waals surface area (Å²) in [6.07, 6.45) is 6.61. The molecule has 2 atom stereocenters. The summed E-state index contributed by atoms with van der Waals surface area (Å²) in [7, 11) is -2.10.